The Morgan fingerprint density at radius 1 is 1.44 bits per heavy atom. The van der Waals surface area contributed by atoms with Crippen LogP contribution in [-0.4, -0.2) is 33.0 Å². The van der Waals surface area contributed by atoms with E-state index in [1.807, 2.05) is 0 Å². The minimum atomic E-state index is -1.12. The minimum absolute atomic E-state index is 0.0369. The Bertz CT molecular complexity index is 495. The highest BCUT2D eigenvalue weighted by Gasteiger charge is 2.33. The molecule has 0 fully saturated rings. The molecule has 0 aliphatic heterocycles. The molecule has 1 aromatic rings. The fourth-order valence-corrected chi connectivity index (χ4v) is 1.32. The molecule has 18 heavy (non-hydrogen) atoms. The molecule has 3 N–H and O–H groups in total. The predicted octanol–water partition coefficient (Wildman–Crippen LogP) is -0.00100. The lowest BCUT2D eigenvalue weighted by Crippen LogP contribution is -2.49. The summed E-state index contributed by atoms with van der Waals surface area (Å²) in [6, 6.07) is -1.04. The first-order chi connectivity index (χ1) is 8.21. The average molecular weight is 253 g/mol. The van der Waals surface area contributed by atoms with E-state index in [0.29, 0.717) is 0 Å². The van der Waals surface area contributed by atoms with Crippen molar-refractivity contribution >= 4 is 11.9 Å². The molecule has 1 rings (SSSR count). The standard InChI is InChI=1S/C11H15N3O4/c1-11(2,3)8(10(17)18)14-9(16)6-4-13-7(15)5-12-6/h4-5,8H,1-3H3,(H,13,15)(H,14,16)(H,17,18). The highest BCUT2D eigenvalue weighted by molar-refractivity contribution is 5.94. The van der Waals surface area contributed by atoms with Gasteiger partial charge in [-0.2, -0.15) is 0 Å². The first-order valence-corrected chi connectivity index (χ1v) is 5.30. The molecule has 1 aromatic heterocycles. The fourth-order valence-electron chi connectivity index (χ4n) is 1.32. The van der Waals surface area contributed by atoms with E-state index in [0.717, 1.165) is 12.4 Å². The van der Waals surface area contributed by atoms with Crippen molar-refractivity contribution in [3.8, 4) is 0 Å². The third-order valence-corrected chi connectivity index (χ3v) is 2.29. The number of hydrogen-bond donors (Lipinski definition) is 3. The number of carboxylic acid groups (broad SMARTS) is 1. The number of nitrogens with zero attached hydrogens (tertiary/aromatic N) is 1. The van der Waals surface area contributed by atoms with E-state index < -0.39 is 28.9 Å². The van der Waals surface area contributed by atoms with E-state index in [4.69, 9.17) is 5.11 Å². The van der Waals surface area contributed by atoms with Gasteiger partial charge in [0, 0.05) is 6.20 Å². The Kier molecular flexibility index (Phi) is 3.85. The molecule has 7 nitrogen and oxygen atoms in total. The van der Waals surface area contributed by atoms with Crippen LogP contribution >= 0.6 is 0 Å². The van der Waals surface area contributed by atoms with Gasteiger partial charge in [-0.25, -0.2) is 9.78 Å². The minimum Gasteiger partial charge on any atom is -0.480 e. The molecule has 7 heteroatoms. The van der Waals surface area contributed by atoms with Gasteiger partial charge in [0.25, 0.3) is 11.5 Å². The lowest BCUT2D eigenvalue weighted by molar-refractivity contribution is -0.142. The molecule has 1 amide bonds. The maximum atomic E-state index is 11.8. The third-order valence-electron chi connectivity index (χ3n) is 2.29. The van der Waals surface area contributed by atoms with Gasteiger partial charge in [-0.15, -0.1) is 0 Å². The second-order valence-electron chi connectivity index (χ2n) is 4.91. The number of aromatic nitrogens is 2. The second kappa shape index (κ2) is 4.99. The number of nitrogens with one attached hydrogen (secondary N) is 2. The number of hydrogen-bond acceptors (Lipinski definition) is 4. The van der Waals surface area contributed by atoms with Crippen molar-refractivity contribution < 1.29 is 14.7 Å². The van der Waals surface area contributed by atoms with Gasteiger partial charge in [0.15, 0.2) is 0 Å². The van der Waals surface area contributed by atoms with Gasteiger partial charge in [0.1, 0.15) is 11.7 Å². The van der Waals surface area contributed by atoms with Crippen LogP contribution in [0.1, 0.15) is 31.3 Å². The number of aliphatic carboxylic acids is 1. The molecule has 1 unspecified atom stereocenters. The molecule has 1 heterocycles. The van der Waals surface area contributed by atoms with Crippen molar-refractivity contribution in [2.45, 2.75) is 26.8 Å². The highest BCUT2D eigenvalue weighted by Crippen LogP contribution is 2.19. The van der Waals surface area contributed by atoms with Gasteiger partial charge in [-0.05, 0) is 5.41 Å². The lowest BCUT2D eigenvalue weighted by Gasteiger charge is -2.27. The molecule has 0 spiro atoms. The third kappa shape index (κ3) is 3.41. The molecule has 0 saturated carbocycles. The van der Waals surface area contributed by atoms with Crippen LogP contribution in [-0.2, 0) is 4.79 Å². The van der Waals surface area contributed by atoms with E-state index in [2.05, 4.69) is 15.3 Å². The monoisotopic (exact) mass is 253 g/mol. The van der Waals surface area contributed by atoms with Crippen molar-refractivity contribution in [3.63, 3.8) is 0 Å². The molecule has 0 aromatic carbocycles. The van der Waals surface area contributed by atoms with Crippen molar-refractivity contribution in [2.75, 3.05) is 0 Å². The van der Waals surface area contributed by atoms with E-state index in [9.17, 15) is 14.4 Å². The maximum absolute atomic E-state index is 11.8. The van der Waals surface area contributed by atoms with Crippen molar-refractivity contribution in [3.05, 3.63) is 28.4 Å². The van der Waals surface area contributed by atoms with E-state index in [-0.39, 0.29) is 5.69 Å². The Balaban J connectivity index is 2.89. The van der Waals surface area contributed by atoms with Crippen LogP contribution in [0.25, 0.3) is 0 Å². The quantitative estimate of drug-likeness (QED) is 0.701. The van der Waals surface area contributed by atoms with Crippen LogP contribution in [0.5, 0.6) is 0 Å². The molecular weight excluding hydrogens is 238 g/mol. The zero-order valence-corrected chi connectivity index (χ0v) is 10.4. The molecule has 0 aliphatic carbocycles. The van der Waals surface area contributed by atoms with Crippen molar-refractivity contribution in [1.29, 1.82) is 0 Å². The van der Waals surface area contributed by atoms with Crippen LogP contribution in [0.2, 0.25) is 0 Å². The van der Waals surface area contributed by atoms with Crippen LogP contribution in [0.4, 0.5) is 0 Å². The Morgan fingerprint density at radius 2 is 2.06 bits per heavy atom. The summed E-state index contributed by atoms with van der Waals surface area (Å²) in [5.74, 6) is -1.77. The van der Waals surface area contributed by atoms with Crippen LogP contribution < -0.4 is 10.9 Å². The lowest BCUT2D eigenvalue weighted by atomic mass is 9.86. The molecule has 1 atom stereocenters. The zero-order chi connectivity index (χ0) is 13.9. The summed E-state index contributed by atoms with van der Waals surface area (Å²) in [5, 5.41) is 11.4. The Labute approximate surface area is 103 Å². The molecule has 0 bridgehead atoms. The molecule has 0 radical (unpaired) electrons. The maximum Gasteiger partial charge on any atom is 0.326 e. The van der Waals surface area contributed by atoms with E-state index >= 15 is 0 Å². The summed E-state index contributed by atoms with van der Waals surface area (Å²) in [4.78, 5) is 39.5. The van der Waals surface area contributed by atoms with Gasteiger partial charge in [0.2, 0.25) is 0 Å². The number of carbonyl (C=O) groups is 2. The van der Waals surface area contributed by atoms with Gasteiger partial charge in [-0.3, -0.25) is 9.59 Å². The normalized spacial score (nSPS) is 12.8. The van der Waals surface area contributed by atoms with Gasteiger partial charge < -0.3 is 15.4 Å². The Hall–Kier alpha value is -2.18. The summed E-state index contributed by atoms with van der Waals surface area (Å²) in [6.45, 7) is 5.10. The molecule has 0 saturated heterocycles. The van der Waals surface area contributed by atoms with Crippen LogP contribution in [0.3, 0.4) is 0 Å². The molecular formula is C11H15N3O4. The number of carboxylic acids is 1. The topological polar surface area (TPSA) is 112 Å². The summed E-state index contributed by atoms with van der Waals surface area (Å²) in [6.07, 6.45) is 2.10. The summed E-state index contributed by atoms with van der Waals surface area (Å²) in [5.41, 5.74) is -1.11. The van der Waals surface area contributed by atoms with E-state index in [1.54, 1.807) is 20.8 Å². The van der Waals surface area contributed by atoms with Gasteiger partial charge in [0.05, 0.1) is 6.20 Å². The number of aromatic amines is 1. The van der Waals surface area contributed by atoms with Crippen molar-refractivity contribution in [1.82, 2.24) is 15.3 Å². The van der Waals surface area contributed by atoms with Gasteiger partial charge in [-0.1, -0.05) is 20.8 Å². The van der Waals surface area contributed by atoms with E-state index in [1.165, 1.54) is 0 Å². The summed E-state index contributed by atoms with van der Waals surface area (Å²) in [7, 11) is 0. The second-order valence-corrected chi connectivity index (χ2v) is 4.91. The van der Waals surface area contributed by atoms with Crippen LogP contribution in [0.15, 0.2) is 17.2 Å². The smallest absolute Gasteiger partial charge is 0.326 e. The SMILES string of the molecule is CC(C)(C)C(NC(=O)c1c[nH]c(=O)cn1)C(=O)O. The zero-order valence-electron chi connectivity index (χ0n) is 10.4. The largest absolute Gasteiger partial charge is 0.480 e. The number of carbonyl (C=O) groups excluding carboxylic acids is 1. The fraction of sp³-hybridized carbons (Fsp3) is 0.455. The predicted molar refractivity (Wildman–Crippen MR) is 63.2 cm³/mol. The first kappa shape index (κ1) is 13.9. The van der Waals surface area contributed by atoms with Gasteiger partial charge >= 0.3 is 5.97 Å². The number of amides is 1. The van der Waals surface area contributed by atoms with Crippen LogP contribution in [0, 0.1) is 5.41 Å². The Morgan fingerprint density at radius 3 is 2.44 bits per heavy atom. The molecule has 98 valence electrons. The first-order valence-electron chi connectivity index (χ1n) is 5.30. The van der Waals surface area contributed by atoms with Crippen molar-refractivity contribution in [2.24, 2.45) is 5.41 Å². The summed E-state index contributed by atoms with van der Waals surface area (Å²) < 4.78 is 0. The average Bonchev–Trinajstić information content (AvgIpc) is 2.24. The number of rotatable bonds is 3. The molecule has 0 aliphatic rings. The highest BCUT2D eigenvalue weighted by atomic mass is 16.4. The summed E-state index contributed by atoms with van der Waals surface area (Å²) >= 11 is 0. The number of H-pyrrole nitrogens is 1.